The number of allylic oxidation sites excluding steroid dienone is 3. The van der Waals surface area contributed by atoms with Gasteiger partial charge in [0.1, 0.15) is 6.04 Å². The van der Waals surface area contributed by atoms with Crippen molar-refractivity contribution >= 4 is 11.6 Å². The molecule has 0 fully saturated rings. The molecule has 4 N–H and O–H groups in total. The molecule has 0 saturated heterocycles. The summed E-state index contributed by atoms with van der Waals surface area (Å²) in [6.07, 6.45) is 9.03. The molecule has 2 aromatic rings. The number of amides is 1. The highest BCUT2D eigenvalue weighted by Crippen LogP contribution is 2.20. The van der Waals surface area contributed by atoms with Gasteiger partial charge in [0.15, 0.2) is 0 Å². The third kappa shape index (κ3) is 7.06. The molecule has 2 rings (SSSR count). The monoisotopic (exact) mass is 395 g/mol. The summed E-state index contributed by atoms with van der Waals surface area (Å²) in [5.74, 6) is 0.607. The van der Waals surface area contributed by atoms with Crippen LogP contribution >= 0.6 is 0 Å². The number of hydrogen-bond acceptors (Lipinski definition) is 5. The molecule has 0 spiro atoms. The van der Waals surface area contributed by atoms with E-state index in [1.54, 1.807) is 19.4 Å². The number of carbonyl (C=O) groups is 1. The van der Waals surface area contributed by atoms with E-state index >= 15 is 0 Å². The summed E-state index contributed by atoms with van der Waals surface area (Å²) in [4.78, 5) is 12.9. The zero-order valence-electron chi connectivity index (χ0n) is 17.2. The maximum absolute atomic E-state index is 12.9. The molecule has 0 saturated carbocycles. The van der Waals surface area contributed by atoms with Gasteiger partial charge in [0.05, 0.1) is 19.1 Å². The van der Waals surface area contributed by atoms with Crippen LogP contribution in [0.4, 0.5) is 5.69 Å². The molecule has 0 aliphatic heterocycles. The molecule has 1 aromatic carbocycles. The van der Waals surface area contributed by atoms with Crippen molar-refractivity contribution in [1.82, 2.24) is 20.8 Å². The van der Waals surface area contributed by atoms with Crippen molar-refractivity contribution in [3.8, 4) is 11.1 Å². The number of carbonyl (C=O) groups excluding carboxylic acids is 1. The van der Waals surface area contributed by atoms with Crippen LogP contribution < -0.4 is 16.0 Å². The lowest BCUT2D eigenvalue weighted by Crippen LogP contribution is -2.43. The predicted octanol–water partition coefficient (Wildman–Crippen LogP) is 2.86. The van der Waals surface area contributed by atoms with Gasteiger partial charge in [0, 0.05) is 30.5 Å². The van der Waals surface area contributed by atoms with E-state index in [9.17, 15) is 4.79 Å². The summed E-state index contributed by atoms with van der Waals surface area (Å²) in [7, 11) is 3.48. The Morgan fingerprint density at radius 3 is 2.66 bits per heavy atom. The van der Waals surface area contributed by atoms with Crippen molar-refractivity contribution in [2.75, 3.05) is 32.6 Å². The first-order valence-electron chi connectivity index (χ1n) is 9.41. The van der Waals surface area contributed by atoms with Gasteiger partial charge in [-0.05, 0) is 43.3 Å². The molecule has 0 bridgehead atoms. The fourth-order valence-electron chi connectivity index (χ4n) is 2.57. The number of ether oxygens (including phenoxy) is 1. The highest BCUT2D eigenvalue weighted by molar-refractivity contribution is 5.97. The van der Waals surface area contributed by atoms with Gasteiger partial charge in [-0.25, -0.2) is 0 Å². The van der Waals surface area contributed by atoms with E-state index in [1.165, 1.54) is 0 Å². The topological polar surface area (TPSA) is 91.1 Å². The summed E-state index contributed by atoms with van der Waals surface area (Å²) in [5.41, 5.74) is 3.39. The lowest BCUT2D eigenvalue weighted by Gasteiger charge is -2.19. The Hall–Kier alpha value is -3.16. The molecule has 1 amide bonds. The summed E-state index contributed by atoms with van der Waals surface area (Å²) in [6, 6.07) is 7.07. The van der Waals surface area contributed by atoms with Gasteiger partial charge in [-0.3, -0.25) is 9.89 Å². The first-order valence-corrected chi connectivity index (χ1v) is 9.41. The van der Waals surface area contributed by atoms with Crippen LogP contribution in [0.5, 0.6) is 0 Å². The molecule has 29 heavy (non-hydrogen) atoms. The van der Waals surface area contributed by atoms with Crippen LogP contribution in [-0.4, -0.2) is 49.4 Å². The van der Waals surface area contributed by atoms with Gasteiger partial charge in [0.25, 0.3) is 0 Å². The van der Waals surface area contributed by atoms with Crippen molar-refractivity contribution in [3.05, 3.63) is 72.8 Å². The van der Waals surface area contributed by atoms with Crippen molar-refractivity contribution in [2.45, 2.75) is 13.0 Å². The quantitative estimate of drug-likeness (QED) is 0.267. The molecule has 7 nitrogen and oxygen atoms in total. The summed E-state index contributed by atoms with van der Waals surface area (Å²) in [5, 5.41) is 16.0. The number of hydrogen-bond donors (Lipinski definition) is 4. The minimum Gasteiger partial charge on any atom is -0.501 e. The van der Waals surface area contributed by atoms with Crippen molar-refractivity contribution in [1.29, 1.82) is 0 Å². The predicted molar refractivity (Wildman–Crippen MR) is 117 cm³/mol. The maximum Gasteiger partial charge on any atom is 0.246 e. The van der Waals surface area contributed by atoms with E-state index in [0.717, 1.165) is 29.1 Å². The Morgan fingerprint density at radius 2 is 2.03 bits per heavy atom. The SMILES string of the molecule is C=C(/C=C\C=C(/C)OC)[C@@H](NCCNC)C(=O)Nc1ccc(-c2cn[nH]c2)cc1. The summed E-state index contributed by atoms with van der Waals surface area (Å²) in [6.45, 7) is 7.28. The third-order valence-corrected chi connectivity index (χ3v) is 4.30. The second kappa shape index (κ2) is 11.6. The molecule has 0 aliphatic carbocycles. The van der Waals surface area contributed by atoms with Crippen LogP contribution in [0.25, 0.3) is 11.1 Å². The van der Waals surface area contributed by atoms with Gasteiger partial charge in [-0.1, -0.05) is 30.9 Å². The van der Waals surface area contributed by atoms with Crippen LogP contribution in [0.15, 0.2) is 72.8 Å². The van der Waals surface area contributed by atoms with Crippen LogP contribution in [-0.2, 0) is 9.53 Å². The minimum absolute atomic E-state index is 0.167. The molecule has 1 aromatic heterocycles. The molecule has 0 unspecified atom stereocenters. The lowest BCUT2D eigenvalue weighted by atomic mass is 10.1. The number of rotatable bonds is 11. The second-order valence-electron chi connectivity index (χ2n) is 6.46. The fraction of sp³-hybridized carbons (Fsp3) is 0.273. The highest BCUT2D eigenvalue weighted by Gasteiger charge is 2.19. The zero-order chi connectivity index (χ0) is 21.1. The van der Waals surface area contributed by atoms with Crippen molar-refractivity contribution in [2.24, 2.45) is 0 Å². The highest BCUT2D eigenvalue weighted by atomic mass is 16.5. The Balaban J connectivity index is 2.06. The number of anilines is 1. The Bertz CT molecular complexity index is 839. The number of methoxy groups -OCH3 is 1. The minimum atomic E-state index is -0.551. The van der Waals surface area contributed by atoms with Gasteiger partial charge >= 0.3 is 0 Å². The average Bonchev–Trinajstić information content (AvgIpc) is 3.26. The number of nitrogens with zero attached hydrogens (tertiary/aromatic N) is 1. The van der Waals surface area contributed by atoms with Gasteiger partial charge in [-0.15, -0.1) is 0 Å². The Morgan fingerprint density at radius 1 is 1.28 bits per heavy atom. The molecular weight excluding hydrogens is 366 g/mol. The van der Waals surface area contributed by atoms with E-state index < -0.39 is 6.04 Å². The molecular formula is C22H29N5O2. The van der Waals surface area contributed by atoms with Crippen molar-refractivity contribution < 1.29 is 9.53 Å². The average molecular weight is 396 g/mol. The summed E-state index contributed by atoms with van der Waals surface area (Å²) >= 11 is 0. The van der Waals surface area contributed by atoms with E-state index in [2.05, 4.69) is 32.7 Å². The molecule has 0 radical (unpaired) electrons. The number of aromatic amines is 1. The van der Waals surface area contributed by atoms with E-state index in [-0.39, 0.29) is 5.91 Å². The van der Waals surface area contributed by atoms with Gasteiger partial charge in [-0.2, -0.15) is 5.10 Å². The van der Waals surface area contributed by atoms with Crippen LogP contribution in [0.3, 0.4) is 0 Å². The van der Waals surface area contributed by atoms with E-state index in [1.807, 2.05) is 56.6 Å². The van der Waals surface area contributed by atoms with Crippen LogP contribution in [0.2, 0.25) is 0 Å². The summed E-state index contributed by atoms with van der Waals surface area (Å²) < 4.78 is 5.11. The van der Waals surface area contributed by atoms with Gasteiger partial charge in [0.2, 0.25) is 5.91 Å². The standard InChI is InChI=1S/C22H29N5O2/c1-16(6-5-7-17(2)29-4)21(24-13-12-23-3)22(28)27-20-10-8-18(9-11-20)19-14-25-26-15-19/h5-11,14-15,21,23-24H,1,12-13H2,2-4H3,(H,25,26)(H,27,28)/b6-5-,17-7+/t21-/m1/s1. The Kier molecular flexibility index (Phi) is 8.88. The maximum atomic E-state index is 12.9. The van der Waals surface area contributed by atoms with Crippen LogP contribution in [0.1, 0.15) is 6.92 Å². The zero-order valence-corrected chi connectivity index (χ0v) is 17.2. The fourth-order valence-corrected chi connectivity index (χ4v) is 2.57. The smallest absolute Gasteiger partial charge is 0.246 e. The van der Waals surface area contributed by atoms with Gasteiger partial charge < -0.3 is 20.7 Å². The first-order chi connectivity index (χ1) is 14.0. The number of likely N-dealkylation sites (N-methyl/N-ethyl adjacent to an activating group) is 1. The number of H-pyrrole nitrogens is 1. The van der Waals surface area contributed by atoms with Crippen LogP contribution in [0, 0.1) is 0 Å². The third-order valence-electron chi connectivity index (χ3n) is 4.30. The number of benzene rings is 1. The van der Waals surface area contributed by atoms with E-state index in [0.29, 0.717) is 12.1 Å². The Labute approximate surface area is 171 Å². The lowest BCUT2D eigenvalue weighted by molar-refractivity contribution is -0.117. The molecule has 1 heterocycles. The second-order valence-corrected chi connectivity index (χ2v) is 6.46. The number of aromatic nitrogens is 2. The first kappa shape index (κ1) is 22.1. The van der Waals surface area contributed by atoms with Crippen molar-refractivity contribution in [3.63, 3.8) is 0 Å². The molecule has 1 atom stereocenters. The number of nitrogens with one attached hydrogen (secondary N) is 4. The molecule has 7 heteroatoms. The largest absolute Gasteiger partial charge is 0.501 e. The van der Waals surface area contributed by atoms with E-state index in [4.69, 9.17) is 4.74 Å². The normalized spacial score (nSPS) is 12.7. The molecule has 154 valence electrons. The molecule has 0 aliphatic rings.